The minimum Gasteiger partial charge on any atom is -0.394 e. The minimum absolute atomic E-state index is 0.0459. The van der Waals surface area contributed by atoms with Crippen molar-refractivity contribution < 1.29 is 14.6 Å². The van der Waals surface area contributed by atoms with Crippen molar-refractivity contribution in [3.05, 3.63) is 36.0 Å². The molecule has 106 valence electrons. The van der Waals surface area contributed by atoms with Crippen molar-refractivity contribution in [1.29, 1.82) is 0 Å². The van der Waals surface area contributed by atoms with Gasteiger partial charge in [0.15, 0.2) is 0 Å². The summed E-state index contributed by atoms with van der Waals surface area (Å²) < 4.78 is 7.30. The van der Waals surface area contributed by atoms with Gasteiger partial charge in [-0.2, -0.15) is 0 Å². The molecule has 0 bridgehead atoms. The maximum atomic E-state index is 12.6. The third kappa shape index (κ3) is 2.19. The Labute approximate surface area is 117 Å². The first-order valence-corrected chi connectivity index (χ1v) is 6.75. The van der Waals surface area contributed by atoms with Crippen molar-refractivity contribution in [3.63, 3.8) is 0 Å². The molecule has 1 atom stereocenters. The fraction of sp³-hybridized carbons (Fsp3) is 0.400. The molecule has 2 aromatic rings. The molecule has 5 nitrogen and oxygen atoms in total. The topological polar surface area (TPSA) is 54.7 Å². The number of aliphatic hydroxyl groups excluding tert-OH is 1. The van der Waals surface area contributed by atoms with E-state index in [9.17, 15) is 9.90 Å². The number of amides is 1. The standard InChI is InChI=1S/C15H18N2O3/c1-16-5-4-11-2-3-12(8-14(11)16)15(19)17-6-7-20-10-13(17)9-18/h2-5,8,13,18H,6-7,9-10H2,1H3. The van der Waals surface area contributed by atoms with Gasteiger partial charge in [0.1, 0.15) is 0 Å². The Morgan fingerprint density at radius 3 is 3.10 bits per heavy atom. The highest BCUT2D eigenvalue weighted by atomic mass is 16.5. The summed E-state index contributed by atoms with van der Waals surface area (Å²) in [4.78, 5) is 14.3. The number of aryl methyl sites for hydroxylation is 1. The molecule has 0 radical (unpaired) electrons. The Bertz CT molecular complexity index is 635. The number of carbonyl (C=O) groups is 1. The van der Waals surface area contributed by atoms with Gasteiger partial charge in [0.05, 0.1) is 25.9 Å². The monoisotopic (exact) mass is 274 g/mol. The van der Waals surface area contributed by atoms with Crippen LogP contribution in [0, 0.1) is 0 Å². The Kier molecular flexibility index (Phi) is 3.46. The Morgan fingerprint density at radius 1 is 1.45 bits per heavy atom. The summed E-state index contributed by atoms with van der Waals surface area (Å²) in [5, 5.41) is 10.5. The number of aliphatic hydroxyl groups is 1. The number of carbonyl (C=O) groups excluding carboxylic acids is 1. The molecule has 0 spiro atoms. The second kappa shape index (κ2) is 5.26. The van der Waals surface area contributed by atoms with E-state index >= 15 is 0 Å². The maximum absolute atomic E-state index is 12.6. The number of hydrogen-bond donors (Lipinski definition) is 1. The highest BCUT2D eigenvalue weighted by Crippen LogP contribution is 2.19. The lowest BCUT2D eigenvalue weighted by Gasteiger charge is -2.34. The Hall–Kier alpha value is -1.85. The van der Waals surface area contributed by atoms with E-state index < -0.39 is 0 Å². The predicted molar refractivity (Wildman–Crippen MR) is 75.6 cm³/mol. The first-order valence-electron chi connectivity index (χ1n) is 6.75. The molecule has 0 aliphatic carbocycles. The van der Waals surface area contributed by atoms with E-state index in [0.717, 1.165) is 10.9 Å². The van der Waals surface area contributed by atoms with Crippen LogP contribution in [-0.4, -0.2) is 52.9 Å². The van der Waals surface area contributed by atoms with Gasteiger partial charge in [-0.1, -0.05) is 6.07 Å². The number of fused-ring (bicyclic) bond motifs is 1. The average molecular weight is 274 g/mol. The number of hydrogen-bond acceptors (Lipinski definition) is 3. The molecule has 5 heteroatoms. The lowest BCUT2D eigenvalue weighted by molar-refractivity contribution is -0.0183. The van der Waals surface area contributed by atoms with Gasteiger partial charge in [0.25, 0.3) is 5.91 Å². The van der Waals surface area contributed by atoms with Crippen LogP contribution in [0.1, 0.15) is 10.4 Å². The molecule has 1 saturated heterocycles. The summed E-state index contributed by atoms with van der Waals surface area (Å²) in [5.41, 5.74) is 1.68. The summed E-state index contributed by atoms with van der Waals surface area (Å²) in [5.74, 6) is -0.0459. The fourth-order valence-electron chi connectivity index (χ4n) is 2.63. The van der Waals surface area contributed by atoms with Crippen LogP contribution >= 0.6 is 0 Å². The normalized spacial score (nSPS) is 19.5. The molecule has 1 aliphatic heterocycles. The van der Waals surface area contributed by atoms with Crippen LogP contribution < -0.4 is 0 Å². The number of rotatable bonds is 2. The zero-order valence-corrected chi connectivity index (χ0v) is 11.5. The van der Waals surface area contributed by atoms with Crippen molar-refractivity contribution in [1.82, 2.24) is 9.47 Å². The molecule has 1 N–H and O–H groups in total. The number of aromatic nitrogens is 1. The van der Waals surface area contributed by atoms with Crippen LogP contribution in [0.5, 0.6) is 0 Å². The first-order chi connectivity index (χ1) is 9.70. The van der Waals surface area contributed by atoms with Gasteiger partial charge in [0, 0.05) is 30.9 Å². The smallest absolute Gasteiger partial charge is 0.254 e. The van der Waals surface area contributed by atoms with E-state index in [4.69, 9.17) is 4.74 Å². The van der Waals surface area contributed by atoms with Crippen molar-refractivity contribution in [3.8, 4) is 0 Å². The maximum Gasteiger partial charge on any atom is 0.254 e. The lowest BCUT2D eigenvalue weighted by atomic mass is 10.1. The predicted octanol–water partition coefficient (Wildman–Crippen LogP) is 1.01. The van der Waals surface area contributed by atoms with Crippen molar-refractivity contribution in [2.75, 3.05) is 26.4 Å². The number of nitrogens with zero attached hydrogens (tertiary/aromatic N) is 2. The summed E-state index contributed by atoms with van der Waals surface area (Å²) in [6.45, 7) is 1.37. The van der Waals surface area contributed by atoms with Crippen LogP contribution in [0.15, 0.2) is 30.5 Å². The third-order valence-corrected chi connectivity index (χ3v) is 3.83. The largest absolute Gasteiger partial charge is 0.394 e. The molecule has 1 unspecified atom stereocenters. The molecular weight excluding hydrogens is 256 g/mol. The molecule has 0 saturated carbocycles. The molecular formula is C15H18N2O3. The molecule has 1 aromatic carbocycles. The fourth-order valence-corrected chi connectivity index (χ4v) is 2.63. The average Bonchev–Trinajstić information content (AvgIpc) is 2.87. The van der Waals surface area contributed by atoms with Gasteiger partial charge >= 0.3 is 0 Å². The van der Waals surface area contributed by atoms with Gasteiger partial charge in [-0.3, -0.25) is 4.79 Å². The molecule has 3 rings (SSSR count). The summed E-state index contributed by atoms with van der Waals surface area (Å²) in [6, 6.07) is 7.47. The van der Waals surface area contributed by atoms with Crippen molar-refractivity contribution >= 4 is 16.8 Å². The second-order valence-corrected chi connectivity index (χ2v) is 5.11. The lowest BCUT2D eigenvalue weighted by Crippen LogP contribution is -2.50. The highest BCUT2D eigenvalue weighted by molar-refractivity contribution is 5.98. The van der Waals surface area contributed by atoms with Gasteiger partial charge in [-0.15, -0.1) is 0 Å². The SMILES string of the molecule is Cn1ccc2ccc(C(=O)N3CCOCC3CO)cc21. The van der Waals surface area contributed by atoms with Gasteiger partial charge < -0.3 is 19.3 Å². The molecule has 1 fully saturated rings. The molecule has 20 heavy (non-hydrogen) atoms. The van der Waals surface area contributed by atoms with Gasteiger partial charge in [-0.25, -0.2) is 0 Å². The quantitative estimate of drug-likeness (QED) is 0.889. The van der Waals surface area contributed by atoms with Crippen LogP contribution in [0.25, 0.3) is 10.9 Å². The van der Waals surface area contributed by atoms with Gasteiger partial charge in [0.2, 0.25) is 0 Å². The van der Waals surface area contributed by atoms with Crippen LogP contribution in [0.3, 0.4) is 0 Å². The first kappa shape index (κ1) is 13.1. The van der Waals surface area contributed by atoms with E-state index in [1.54, 1.807) is 4.90 Å². The van der Waals surface area contributed by atoms with E-state index in [-0.39, 0.29) is 18.6 Å². The Morgan fingerprint density at radius 2 is 2.30 bits per heavy atom. The van der Waals surface area contributed by atoms with E-state index in [1.165, 1.54) is 0 Å². The zero-order valence-electron chi connectivity index (χ0n) is 11.5. The van der Waals surface area contributed by atoms with E-state index in [2.05, 4.69) is 0 Å². The van der Waals surface area contributed by atoms with Crippen LogP contribution in [-0.2, 0) is 11.8 Å². The van der Waals surface area contributed by atoms with E-state index in [1.807, 2.05) is 42.1 Å². The van der Waals surface area contributed by atoms with Crippen molar-refractivity contribution in [2.24, 2.45) is 7.05 Å². The summed E-state index contributed by atoms with van der Waals surface area (Å²) >= 11 is 0. The zero-order chi connectivity index (χ0) is 14.1. The Balaban J connectivity index is 1.92. The van der Waals surface area contributed by atoms with Gasteiger partial charge in [-0.05, 0) is 23.6 Å². The van der Waals surface area contributed by atoms with E-state index in [0.29, 0.717) is 25.3 Å². The highest BCUT2D eigenvalue weighted by Gasteiger charge is 2.27. The molecule has 1 aromatic heterocycles. The van der Waals surface area contributed by atoms with Crippen molar-refractivity contribution in [2.45, 2.75) is 6.04 Å². The summed E-state index contributed by atoms with van der Waals surface area (Å²) in [7, 11) is 1.96. The number of benzene rings is 1. The molecule has 2 heterocycles. The summed E-state index contributed by atoms with van der Waals surface area (Å²) in [6.07, 6.45) is 1.98. The second-order valence-electron chi connectivity index (χ2n) is 5.11. The number of morpholine rings is 1. The number of ether oxygens (including phenoxy) is 1. The van der Waals surface area contributed by atoms with Crippen LogP contribution in [0.4, 0.5) is 0 Å². The molecule has 1 aliphatic rings. The third-order valence-electron chi connectivity index (χ3n) is 3.83. The minimum atomic E-state index is -0.250. The van der Waals surface area contributed by atoms with Crippen LogP contribution in [0.2, 0.25) is 0 Å². The molecule has 1 amide bonds.